The first-order valence-corrected chi connectivity index (χ1v) is 12.7. The van der Waals surface area contributed by atoms with E-state index in [1.54, 1.807) is 0 Å². The van der Waals surface area contributed by atoms with Gasteiger partial charge in [-0.05, 0) is 25.7 Å². The van der Waals surface area contributed by atoms with Gasteiger partial charge in [0.05, 0.1) is 26.2 Å². The Morgan fingerprint density at radius 2 is 0.731 bits per heavy atom. The van der Waals surface area contributed by atoms with Crippen LogP contribution >= 0.6 is 0 Å². The highest BCUT2D eigenvalue weighted by Crippen LogP contribution is 2.23. The molecule has 1 nitrogen and oxygen atoms in total. The van der Waals surface area contributed by atoms with E-state index in [4.69, 9.17) is 0 Å². The first kappa shape index (κ1) is 24.0. The summed E-state index contributed by atoms with van der Waals surface area (Å²) in [6.07, 6.45) is 27.9. The van der Waals surface area contributed by atoms with Crippen LogP contribution < -0.4 is 0 Å². The number of hydrogen-bond donors (Lipinski definition) is 0. The zero-order valence-corrected chi connectivity index (χ0v) is 18.7. The van der Waals surface area contributed by atoms with Crippen LogP contribution in [0.25, 0.3) is 0 Å². The number of hydrogen-bond acceptors (Lipinski definition) is 0. The van der Waals surface area contributed by atoms with Crippen LogP contribution in [0.4, 0.5) is 0 Å². The molecule has 1 heteroatoms. The van der Waals surface area contributed by atoms with Gasteiger partial charge in [0.15, 0.2) is 0 Å². The van der Waals surface area contributed by atoms with Gasteiger partial charge in [-0.1, -0.05) is 97.3 Å². The first-order chi connectivity index (χ1) is 12.8. The lowest BCUT2D eigenvalue weighted by molar-refractivity contribution is -0.917. The predicted octanol–water partition coefficient (Wildman–Crippen LogP) is 8.27. The summed E-state index contributed by atoms with van der Waals surface area (Å²) in [5.41, 5.74) is 0. The standard InChI is InChI=1S/C25H52N/c1-3-5-7-9-11-12-13-15-17-19-23-26(24-20-21-25-26)22-18-16-14-10-8-6-4-2/h3-25H2,1-2H3/q+1. The third-order valence-corrected chi connectivity index (χ3v) is 6.74. The average molecular weight is 367 g/mol. The van der Waals surface area contributed by atoms with E-state index in [1.807, 2.05) is 0 Å². The zero-order valence-electron chi connectivity index (χ0n) is 18.7. The van der Waals surface area contributed by atoms with E-state index < -0.39 is 0 Å². The second kappa shape index (κ2) is 17.1. The van der Waals surface area contributed by atoms with Crippen LogP contribution in [-0.4, -0.2) is 30.7 Å². The van der Waals surface area contributed by atoms with Gasteiger partial charge in [-0.25, -0.2) is 0 Å². The molecule has 0 aromatic carbocycles. The summed E-state index contributed by atoms with van der Waals surface area (Å²) in [6, 6.07) is 0. The van der Waals surface area contributed by atoms with E-state index in [9.17, 15) is 0 Å². The van der Waals surface area contributed by atoms with Gasteiger partial charge in [-0.2, -0.15) is 0 Å². The number of nitrogens with zero attached hydrogens (tertiary/aromatic N) is 1. The van der Waals surface area contributed by atoms with Crippen LogP contribution in [0.15, 0.2) is 0 Å². The molecule has 0 unspecified atom stereocenters. The largest absolute Gasteiger partial charge is 0.324 e. The van der Waals surface area contributed by atoms with Crippen molar-refractivity contribution in [3.8, 4) is 0 Å². The fourth-order valence-corrected chi connectivity index (χ4v) is 4.90. The Bertz CT molecular complexity index is 280. The molecule has 0 atom stereocenters. The Kier molecular flexibility index (Phi) is 15.8. The Hall–Kier alpha value is -0.0400. The smallest absolute Gasteiger partial charge is 0.0788 e. The Morgan fingerprint density at radius 3 is 1.08 bits per heavy atom. The van der Waals surface area contributed by atoms with Crippen molar-refractivity contribution in [3.63, 3.8) is 0 Å². The summed E-state index contributed by atoms with van der Waals surface area (Å²) < 4.78 is 1.49. The van der Waals surface area contributed by atoms with E-state index in [0.29, 0.717) is 0 Å². The maximum absolute atomic E-state index is 2.31. The second-order valence-corrected chi connectivity index (χ2v) is 9.25. The van der Waals surface area contributed by atoms with Crippen LogP contribution in [-0.2, 0) is 0 Å². The van der Waals surface area contributed by atoms with Crippen molar-refractivity contribution in [2.75, 3.05) is 26.2 Å². The predicted molar refractivity (Wildman–Crippen MR) is 119 cm³/mol. The highest BCUT2D eigenvalue weighted by atomic mass is 15.4. The molecule has 1 fully saturated rings. The number of likely N-dealkylation sites (tertiary alicyclic amines) is 1. The van der Waals surface area contributed by atoms with Gasteiger partial charge < -0.3 is 4.48 Å². The zero-order chi connectivity index (χ0) is 18.8. The minimum atomic E-state index is 1.37. The Balaban J connectivity index is 1.98. The van der Waals surface area contributed by atoms with Crippen molar-refractivity contribution in [2.45, 2.75) is 136 Å². The Morgan fingerprint density at radius 1 is 0.423 bits per heavy atom. The fourth-order valence-electron chi connectivity index (χ4n) is 4.90. The highest BCUT2D eigenvalue weighted by molar-refractivity contribution is 4.57. The molecule has 0 aromatic heterocycles. The third-order valence-electron chi connectivity index (χ3n) is 6.74. The first-order valence-electron chi connectivity index (χ1n) is 12.7. The van der Waals surface area contributed by atoms with Crippen molar-refractivity contribution in [1.29, 1.82) is 0 Å². The topological polar surface area (TPSA) is 0 Å². The molecule has 156 valence electrons. The fraction of sp³-hybridized carbons (Fsp3) is 1.00. The van der Waals surface area contributed by atoms with E-state index in [-0.39, 0.29) is 0 Å². The van der Waals surface area contributed by atoms with Gasteiger partial charge in [-0.15, -0.1) is 0 Å². The molecular weight excluding hydrogens is 314 g/mol. The molecule has 0 saturated carbocycles. The van der Waals surface area contributed by atoms with E-state index in [2.05, 4.69) is 13.8 Å². The van der Waals surface area contributed by atoms with Crippen LogP contribution in [0.1, 0.15) is 136 Å². The summed E-state index contributed by atoms with van der Waals surface area (Å²) in [7, 11) is 0. The maximum atomic E-state index is 2.31. The molecule has 0 aliphatic carbocycles. The van der Waals surface area contributed by atoms with Crippen molar-refractivity contribution < 1.29 is 4.48 Å². The molecule has 1 aliphatic rings. The van der Waals surface area contributed by atoms with Crippen molar-refractivity contribution in [2.24, 2.45) is 0 Å². The monoisotopic (exact) mass is 366 g/mol. The quantitative estimate of drug-likeness (QED) is 0.159. The number of rotatable bonds is 19. The van der Waals surface area contributed by atoms with Crippen LogP contribution in [0.2, 0.25) is 0 Å². The van der Waals surface area contributed by atoms with Gasteiger partial charge in [0.1, 0.15) is 0 Å². The summed E-state index contributed by atoms with van der Waals surface area (Å²) >= 11 is 0. The molecule has 0 bridgehead atoms. The number of quaternary nitrogens is 1. The Labute approximate surface area is 166 Å². The third kappa shape index (κ3) is 12.4. The van der Waals surface area contributed by atoms with Crippen LogP contribution in [0.5, 0.6) is 0 Å². The maximum Gasteiger partial charge on any atom is 0.0788 e. The molecule has 0 N–H and O–H groups in total. The minimum absolute atomic E-state index is 1.37. The molecule has 0 radical (unpaired) electrons. The van der Waals surface area contributed by atoms with Gasteiger partial charge in [0.2, 0.25) is 0 Å². The molecule has 1 saturated heterocycles. The molecule has 1 heterocycles. The summed E-state index contributed by atoms with van der Waals surface area (Å²) in [5, 5.41) is 0. The van der Waals surface area contributed by atoms with E-state index in [0.717, 1.165) is 0 Å². The lowest BCUT2D eigenvalue weighted by Crippen LogP contribution is -2.46. The van der Waals surface area contributed by atoms with Crippen molar-refractivity contribution in [1.82, 2.24) is 0 Å². The van der Waals surface area contributed by atoms with Gasteiger partial charge in [0.25, 0.3) is 0 Å². The lowest BCUT2D eigenvalue weighted by atomic mass is 10.1. The summed E-state index contributed by atoms with van der Waals surface area (Å²) in [4.78, 5) is 0. The molecule has 26 heavy (non-hydrogen) atoms. The second-order valence-electron chi connectivity index (χ2n) is 9.25. The molecular formula is C25H52N+. The van der Waals surface area contributed by atoms with Crippen molar-refractivity contribution in [3.05, 3.63) is 0 Å². The van der Waals surface area contributed by atoms with Gasteiger partial charge >= 0.3 is 0 Å². The van der Waals surface area contributed by atoms with Crippen LogP contribution in [0, 0.1) is 0 Å². The lowest BCUT2D eigenvalue weighted by Gasteiger charge is -2.34. The summed E-state index contributed by atoms with van der Waals surface area (Å²) in [6.45, 7) is 10.6. The molecule has 1 aliphatic heterocycles. The van der Waals surface area contributed by atoms with Gasteiger partial charge in [0, 0.05) is 12.8 Å². The SMILES string of the molecule is CCCCCCCCCCCC[N+]1(CCCCCCCCC)CCCC1. The van der Waals surface area contributed by atoms with Crippen LogP contribution in [0.3, 0.4) is 0 Å². The molecule has 0 aromatic rings. The molecule has 0 amide bonds. The summed E-state index contributed by atoms with van der Waals surface area (Å²) in [5.74, 6) is 0. The van der Waals surface area contributed by atoms with E-state index in [1.165, 1.54) is 153 Å². The minimum Gasteiger partial charge on any atom is -0.324 e. The molecule has 0 spiro atoms. The normalized spacial score (nSPS) is 16.4. The van der Waals surface area contributed by atoms with Crippen molar-refractivity contribution >= 4 is 0 Å². The highest BCUT2D eigenvalue weighted by Gasteiger charge is 2.30. The van der Waals surface area contributed by atoms with E-state index >= 15 is 0 Å². The molecule has 1 rings (SSSR count). The number of unbranched alkanes of at least 4 members (excludes halogenated alkanes) is 15. The van der Waals surface area contributed by atoms with Gasteiger partial charge in [-0.3, -0.25) is 0 Å². The average Bonchev–Trinajstić information content (AvgIpc) is 3.11.